The molecule has 1 aliphatic rings. The molecular weight excluding hydrogens is 310 g/mol. The number of amides is 1. The van der Waals surface area contributed by atoms with Gasteiger partial charge in [-0.25, -0.2) is 4.79 Å². The number of esters is 1. The van der Waals surface area contributed by atoms with Crippen LogP contribution < -0.4 is 5.32 Å². The minimum Gasteiger partial charge on any atom is -0.463 e. The number of carbonyl (C=O) groups is 2. The summed E-state index contributed by atoms with van der Waals surface area (Å²) >= 11 is 0. The van der Waals surface area contributed by atoms with Crippen LogP contribution in [0.5, 0.6) is 0 Å². The number of aryl methyl sites for hydroxylation is 1. The smallest absolute Gasteiger partial charge is 0.374 e. The van der Waals surface area contributed by atoms with E-state index in [1.807, 2.05) is 13.0 Å². The lowest BCUT2D eigenvalue weighted by Crippen LogP contribution is -2.49. The third kappa shape index (κ3) is 4.94. The Morgan fingerprint density at radius 1 is 1.33 bits per heavy atom. The van der Waals surface area contributed by atoms with Crippen LogP contribution >= 0.6 is 0 Å². The van der Waals surface area contributed by atoms with Crippen molar-refractivity contribution in [3.63, 3.8) is 0 Å². The van der Waals surface area contributed by atoms with E-state index < -0.39 is 5.97 Å². The molecule has 0 unspecified atom stereocenters. The van der Waals surface area contributed by atoms with E-state index in [4.69, 9.17) is 9.15 Å². The Balaban J connectivity index is 1.80. The van der Waals surface area contributed by atoms with E-state index in [9.17, 15) is 9.59 Å². The molecule has 0 radical (unpaired) electrons. The molecule has 1 amide bonds. The number of rotatable bonds is 7. The molecule has 2 rings (SSSR count). The zero-order valence-electron chi connectivity index (χ0n) is 14.3. The molecule has 0 atom stereocenters. The van der Waals surface area contributed by atoms with Gasteiger partial charge in [-0.1, -0.05) is 6.08 Å². The third-order valence-electron chi connectivity index (χ3n) is 3.99. The number of nitrogens with one attached hydrogen (secondary N) is 1. The standard InChI is InChI=1S/C17H25N3O4/c1-4-5-18-15(21)12-20-8-6-19(7-9-20)11-14-10-13(2)16(24-14)17(22)23-3/h4,10H,1,5-9,11-12H2,2-3H3,(H,18,21). The van der Waals surface area contributed by atoms with Crippen LogP contribution in [-0.2, 0) is 16.1 Å². The lowest BCUT2D eigenvalue weighted by molar-refractivity contribution is -0.122. The molecule has 1 saturated heterocycles. The Labute approximate surface area is 142 Å². The molecule has 7 heteroatoms. The maximum atomic E-state index is 11.7. The monoisotopic (exact) mass is 335 g/mol. The Kier molecular flexibility index (Phi) is 6.57. The average molecular weight is 335 g/mol. The second-order valence-corrected chi connectivity index (χ2v) is 5.86. The van der Waals surface area contributed by atoms with Crippen LogP contribution in [0.1, 0.15) is 21.9 Å². The van der Waals surface area contributed by atoms with Crippen molar-refractivity contribution < 1.29 is 18.7 Å². The number of methoxy groups -OCH3 is 1. The second kappa shape index (κ2) is 8.65. The molecule has 1 aromatic heterocycles. The fraction of sp³-hybridized carbons (Fsp3) is 0.529. The van der Waals surface area contributed by atoms with E-state index in [1.54, 1.807) is 6.08 Å². The van der Waals surface area contributed by atoms with Crippen molar-refractivity contribution in [1.82, 2.24) is 15.1 Å². The van der Waals surface area contributed by atoms with Crippen LogP contribution in [-0.4, -0.2) is 68.1 Å². The van der Waals surface area contributed by atoms with Crippen molar-refractivity contribution >= 4 is 11.9 Å². The zero-order chi connectivity index (χ0) is 17.5. The molecule has 0 aliphatic carbocycles. The summed E-state index contributed by atoms with van der Waals surface area (Å²) in [5.41, 5.74) is 0.786. The van der Waals surface area contributed by atoms with E-state index in [-0.39, 0.29) is 11.7 Å². The number of ether oxygens (including phenoxy) is 1. The minimum atomic E-state index is -0.450. The number of piperazine rings is 1. The summed E-state index contributed by atoms with van der Waals surface area (Å²) in [5.74, 6) is 0.594. The van der Waals surface area contributed by atoms with Crippen molar-refractivity contribution in [3.05, 3.63) is 35.8 Å². The van der Waals surface area contributed by atoms with Crippen molar-refractivity contribution in [2.75, 3.05) is 46.4 Å². The van der Waals surface area contributed by atoms with Crippen LogP contribution in [0, 0.1) is 6.92 Å². The molecule has 1 N–H and O–H groups in total. The summed E-state index contributed by atoms with van der Waals surface area (Å²) in [4.78, 5) is 27.7. The largest absolute Gasteiger partial charge is 0.463 e. The van der Waals surface area contributed by atoms with Gasteiger partial charge in [-0.2, -0.15) is 0 Å². The first-order valence-corrected chi connectivity index (χ1v) is 8.03. The lowest BCUT2D eigenvalue weighted by atomic mass is 10.2. The van der Waals surface area contributed by atoms with E-state index in [1.165, 1.54) is 7.11 Å². The molecule has 1 aliphatic heterocycles. The highest BCUT2D eigenvalue weighted by Gasteiger charge is 2.21. The molecule has 1 aromatic rings. The maximum Gasteiger partial charge on any atom is 0.374 e. The normalized spacial score (nSPS) is 15.9. The van der Waals surface area contributed by atoms with E-state index >= 15 is 0 Å². The second-order valence-electron chi connectivity index (χ2n) is 5.86. The zero-order valence-corrected chi connectivity index (χ0v) is 14.3. The van der Waals surface area contributed by atoms with Crippen molar-refractivity contribution in [3.8, 4) is 0 Å². The summed E-state index contributed by atoms with van der Waals surface area (Å²) in [5, 5.41) is 2.78. The Morgan fingerprint density at radius 2 is 2.00 bits per heavy atom. The van der Waals surface area contributed by atoms with Gasteiger partial charge in [0.2, 0.25) is 11.7 Å². The topological polar surface area (TPSA) is 75.0 Å². The average Bonchev–Trinajstić information content (AvgIpc) is 2.94. The van der Waals surface area contributed by atoms with Gasteiger partial charge < -0.3 is 14.5 Å². The number of carbonyl (C=O) groups excluding carboxylic acids is 2. The SMILES string of the molecule is C=CCNC(=O)CN1CCN(Cc2cc(C)c(C(=O)OC)o2)CC1. The first-order chi connectivity index (χ1) is 11.5. The van der Waals surface area contributed by atoms with Crippen molar-refractivity contribution in [2.24, 2.45) is 0 Å². The predicted octanol–water partition coefficient (Wildman–Crippen LogP) is 0.794. The van der Waals surface area contributed by atoms with Crippen LogP contribution in [0.15, 0.2) is 23.1 Å². The molecule has 7 nitrogen and oxygen atoms in total. The van der Waals surface area contributed by atoms with Crippen molar-refractivity contribution in [1.29, 1.82) is 0 Å². The Hall–Kier alpha value is -2.12. The molecule has 0 bridgehead atoms. The lowest BCUT2D eigenvalue weighted by Gasteiger charge is -2.33. The summed E-state index contributed by atoms with van der Waals surface area (Å²) < 4.78 is 10.3. The van der Waals surface area contributed by atoms with Gasteiger partial charge in [0.1, 0.15) is 5.76 Å². The van der Waals surface area contributed by atoms with Crippen LogP contribution in [0.25, 0.3) is 0 Å². The van der Waals surface area contributed by atoms with Gasteiger partial charge >= 0.3 is 5.97 Å². The molecule has 132 valence electrons. The van der Waals surface area contributed by atoms with Crippen LogP contribution in [0.2, 0.25) is 0 Å². The quantitative estimate of drug-likeness (QED) is 0.587. The summed E-state index contributed by atoms with van der Waals surface area (Å²) in [6.07, 6.45) is 1.67. The minimum absolute atomic E-state index is 0.0210. The maximum absolute atomic E-state index is 11.7. The molecular formula is C17H25N3O4. The van der Waals surface area contributed by atoms with Gasteiger partial charge in [0.05, 0.1) is 20.2 Å². The van der Waals surface area contributed by atoms with Gasteiger partial charge in [0.25, 0.3) is 0 Å². The van der Waals surface area contributed by atoms with Gasteiger partial charge in [0, 0.05) is 38.3 Å². The first kappa shape index (κ1) is 18.2. The van der Waals surface area contributed by atoms with E-state index in [2.05, 4.69) is 21.7 Å². The number of furan rings is 1. The molecule has 0 spiro atoms. The molecule has 2 heterocycles. The number of nitrogens with zero attached hydrogens (tertiary/aromatic N) is 2. The highest BCUT2D eigenvalue weighted by molar-refractivity contribution is 5.87. The summed E-state index contributed by atoms with van der Waals surface area (Å²) in [7, 11) is 1.34. The third-order valence-corrected chi connectivity index (χ3v) is 3.99. The highest BCUT2D eigenvalue weighted by Crippen LogP contribution is 2.18. The first-order valence-electron chi connectivity index (χ1n) is 8.03. The predicted molar refractivity (Wildman–Crippen MR) is 89.7 cm³/mol. The van der Waals surface area contributed by atoms with Gasteiger partial charge in [0.15, 0.2) is 0 Å². The van der Waals surface area contributed by atoms with Crippen LogP contribution in [0.3, 0.4) is 0 Å². The highest BCUT2D eigenvalue weighted by atomic mass is 16.5. The fourth-order valence-electron chi connectivity index (χ4n) is 2.69. The number of hydrogen-bond acceptors (Lipinski definition) is 6. The molecule has 1 fully saturated rings. The van der Waals surface area contributed by atoms with Crippen molar-refractivity contribution in [2.45, 2.75) is 13.5 Å². The molecule has 0 aromatic carbocycles. The van der Waals surface area contributed by atoms with Gasteiger partial charge in [-0.3, -0.25) is 14.6 Å². The Bertz CT molecular complexity index is 589. The number of hydrogen-bond donors (Lipinski definition) is 1. The molecule has 0 saturated carbocycles. The van der Waals surface area contributed by atoms with E-state index in [0.29, 0.717) is 19.6 Å². The fourth-order valence-corrected chi connectivity index (χ4v) is 2.69. The van der Waals surface area contributed by atoms with E-state index in [0.717, 1.165) is 37.5 Å². The van der Waals surface area contributed by atoms with Crippen LogP contribution in [0.4, 0.5) is 0 Å². The summed E-state index contributed by atoms with van der Waals surface area (Å²) in [6, 6.07) is 1.88. The Morgan fingerprint density at radius 3 is 2.62 bits per heavy atom. The van der Waals surface area contributed by atoms with Gasteiger partial charge in [-0.15, -0.1) is 6.58 Å². The molecule has 24 heavy (non-hydrogen) atoms. The van der Waals surface area contributed by atoms with Gasteiger partial charge in [-0.05, 0) is 13.0 Å². The summed E-state index contributed by atoms with van der Waals surface area (Å²) in [6.45, 7) is 10.3.